The fourth-order valence-electron chi connectivity index (χ4n) is 2.66. The molecule has 1 fully saturated rings. The number of nitrogens with zero attached hydrogens (tertiary/aromatic N) is 1. The molecule has 18 heavy (non-hydrogen) atoms. The summed E-state index contributed by atoms with van der Waals surface area (Å²) >= 11 is 0. The van der Waals surface area contributed by atoms with Gasteiger partial charge in [0.2, 0.25) is 5.91 Å². The molecule has 0 saturated heterocycles. The number of aliphatic hydroxyl groups is 1. The van der Waals surface area contributed by atoms with Crippen molar-refractivity contribution in [1.82, 2.24) is 10.2 Å². The first-order chi connectivity index (χ1) is 8.37. The van der Waals surface area contributed by atoms with E-state index in [1.54, 1.807) is 13.8 Å². The number of nitrogens with one attached hydrogen (secondary N) is 1. The topological polar surface area (TPSA) is 52.6 Å². The first kappa shape index (κ1) is 15.4. The van der Waals surface area contributed by atoms with Gasteiger partial charge >= 0.3 is 0 Å². The number of carbonyl (C=O) groups excluding carboxylic acids is 1. The lowest BCUT2D eigenvalue weighted by atomic mass is 10.1. The standard InChI is InChI=1S/C14H28N2O2/c1-14(2,18)11-16(3)10-13(17)15-12-8-6-4-5-7-9-12/h12,18H,4-11H2,1-3H3,(H,15,17). The van der Waals surface area contributed by atoms with Gasteiger partial charge in [-0.1, -0.05) is 25.7 Å². The Labute approximate surface area is 111 Å². The van der Waals surface area contributed by atoms with Crippen molar-refractivity contribution in [1.29, 1.82) is 0 Å². The number of carbonyl (C=O) groups is 1. The predicted molar refractivity (Wildman–Crippen MR) is 73.4 cm³/mol. The molecule has 0 aromatic rings. The van der Waals surface area contributed by atoms with Crippen LogP contribution in [0, 0.1) is 0 Å². The molecule has 4 nitrogen and oxygen atoms in total. The van der Waals surface area contributed by atoms with E-state index in [1.165, 1.54) is 25.7 Å². The van der Waals surface area contributed by atoms with Gasteiger partial charge in [0.05, 0.1) is 12.1 Å². The van der Waals surface area contributed by atoms with Gasteiger partial charge in [-0.25, -0.2) is 0 Å². The second-order valence-electron chi connectivity index (χ2n) is 6.24. The molecule has 0 aromatic carbocycles. The van der Waals surface area contributed by atoms with Crippen LogP contribution in [0.4, 0.5) is 0 Å². The van der Waals surface area contributed by atoms with E-state index in [4.69, 9.17) is 0 Å². The average molecular weight is 256 g/mol. The van der Waals surface area contributed by atoms with Crippen LogP contribution in [0.1, 0.15) is 52.4 Å². The van der Waals surface area contributed by atoms with Crippen molar-refractivity contribution in [2.75, 3.05) is 20.1 Å². The molecule has 0 aromatic heterocycles. The Morgan fingerprint density at radius 2 is 1.83 bits per heavy atom. The van der Waals surface area contributed by atoms with Crippen molar-refractivity contribution in [2.45, 2.75) is 64.0 Å². The average Bonchev–Trinajstić information content (AvgIpc) is 2.42. The Morgan fingerprint density at radius 3 is 2.33 bits per heavy atom. The van der Waals surface area contributed by atoms with E-state index < -0.39 is 5.60 Å². The number of hydrogen-bond donors (Lipinski definition) is 2. The summed E-state index contributed by atoms with van der Waals surface area (Å²) in [6.45, 7) is 4.38. The zero-order chi connectivity index (χ0) is 13.6. The molecule has 1 amide bonds. The highest BCUT2D eigenvalue weighted by Crippen LogP contribution is 2.17. The van der Waals surface area contributed by atoms with Crippen LogP contribution in [-0.2, 0) is 4.79 Å². The molecule has 1 saturated carbocycles. The Balaban J connectivity index is 2.27. The molecule has 106 valence electrons. The van der Waals surface area contributed by atoms with E-state index in [-0.39, 0.29) is 5.91 Å². The van der Waals surface area contributed by atoms with Gasteiger partial charge in [0.15, 0.2) is 0 Å². The van der Waals surface area contributed by atoms with Crippen LogP contribution in [0.25, 0.3) is 0 Å². The summed E-state index contributed by atoms with van der Waals surface area (Å²) in [6, 6.07) is 0.357. The molecule has 0 unspecified atom stereocenters. The minimum Gasteiger partial charge on any atom is -0.389 e. The quantitative estimate of drug-likeness (QED) is 0.733. The summed E-state index contributed by atoms with van der Waals surface area (Å²) in [7, 11) is 1.87. The van der Waals surface area contributed by atoms with Crippen molar-refractivity contribution in [2.24, 2.45) is 0 Å². The number of amides is 1. The lowest BCUT2D eigenvalue weighted by molar-refractivity contribution is -0.123. The fraction of sp³-hybridized carbons (Fsp3) is 0.929. The van der Waals surface area contributed by atoms with Gasteiger partial charge in [-0.05, 0) is 33.7 Å². The molecule has 1 aliphatic rings. The maximum Gasteiger partial charge on any atom is 0.234 e. The van der Waals surface area contributed by atoms with Crippen molar-refractivity contribution in [3.05, 3.63) is 0 Å². The van der Waals surface area contributed by atoms with Gasteiger partial charge in [0.1, 0.15) is 0 Å². The third-order valence-electron chi connectivity index (χ3n) is 3.29. The summed E-state index contributed by atoms with van der Waals surface area (Å²) in [5, 5.41) is 12.8. The monoisotopic (exact) mass is 256 g/mol. The lowest BCUT2D eigenvalue weighted by Gasteiger charge is -2.25. The molecule has 0 radical (unpaired) electrons. The molecule has 4 heteroatoms. The predicted octanol–water partition coefficient (Wildman–Crippen LogP) is 1.53. The van der Waals surface area contributed by atoms with Crippen LogP contribution in [0.5, 0.6) is 0 Å². The SMILES string of the molecule is CN(CC(=O)NC1CCCCCC1)CC(C)(C)O. The Morgan fingerprint density at radius 1 is 1.28 bits per heavy atom. The van der Waals surface area contributed by atoms with E-state index in [0.29, 0.717) is 19.1 Å². The minimum absolute atomic E-state index is 0.0775. The van der Waals surface area contributed by atoms with E-state index in [2.05, 4.69) is 5.32 Å². The number of hydrogen-bond acceptors (Lipinski definition) is 3. The summed E-state index contributed by atoms with van der Waals surface area (Å²) in [4.78, 5) is 13.8. The highest BCUT2D eigenvalue weighted by atomic mass is 16.3. The molecule has 1 aliphatic carbocycles. The molecule has 1 rings (SSSR count). The molecule has 0 bridgehead atoms. The number of likely N-dealkylation sites (N-methyl/N-ethyl adjacent to an activating group) is 1. The first-order valence-corrected chi connectivity index (χ1v) is 7.07. The third-order valence-corrected chi connectivity index (χ3v) is 3.29. The zero-order valence-electron chi connectivity index (χ0n) is 12.0. The van der Waals surface area contributed by atoms with Crippen LogP contribution < -0.4 is 5.32 Å². The smallest absolute Gasteiger partial charge is 0.234 e. The maximum absolute atomic E-state index is 11.9. The molecule has 0 aliphatic heterocycles. The number of rotatable bonds is 5. The van der Waals surface area contributed by atoms with Crippen LogP contribution in [-0.4, -0.2) is 47.7 Å². The van der Waals surface area contributed by atoms with E-state index >= 15 is 0 Å². The summed E-state index contributed by atoms with van der Waals surface area (Å²) in [5.74, 6) is 0.0775. The second-order valence-corrected chi connectivity index (χ2v) is 6.24. The van der Waals surface area contributed by atoms with Gasteiger partial charge in [-0.15, -0.1) is 0 Å². The van der Waals surface area contributed by atoms with Crippen LogP contribution in [0.2, 0.25) is 0 Å². The van der Waals surface area contributed by atoms with Crippen LogP contribution in [0.15, 0.2) is 0 Å². The van der Waals surface area contributed by atoms with Gasteiger partial charge in [0.25, 0.3) is 0 Å². The molecular formula is C14H28N2O2. The zero-order valence-corrected chi connectivity index (χ0v) is 12.0. The summed E-state index contributed by atoms with van der Waals surface area (Å²) in [5.41, 5.74) is -0.753. The Kier molecular flexibility index (Phi) is 6.09. The molecular weight excluding hydrogens is 228 g/mol. The third kappa shape index (κ3) is 6.97. The van der Waals surface area contributed by atoms with Crippen molar-refractivity contribution >= 4 is 5.91 Å². The van der Waals surface area contributed by atoms with Crippen molar-refractivity contribution in [3.8, 4) is 0 Å². The minimum atomic E-state index is -0.753. The van der Waals surface area contributed by atoms with Gasteiger partial charge in [-0.3, -0.25) is 9.69 Å². The molecule has 0 spiro atoms. The maximum atomic E-state index is 11.9. The molecule has 0 atom stereocenters. The van der Waals surface area contributed by atoms with Crippen LogP contribution >= 0.6 is 0 Å². The Hall–Kier alpha value is -0.610. The van der Waals surface area contributed by atoms with E-state index in [0.717, 1.165) is 12.8 Å². The molecule has 0 heterocycles. The van der Waals surface area contributed by atoms with Gasteiger partial charge in [-0.2, -0.15) is 0 Å². The lowest BCUT2D eigenvalue weighted by Crippen LogP contribution is -2.44. The largest absolute Gasteiger partial charge is 0.389 e. The first-order valence-electron chi connectivity index (χ1n) is 7.07. The highest BCUT2D eigenvalue weighted by molar-refractivity contribution is 5.78. The van der Waals surface area contributed by atoms with Gasteiger partial charge < -0.3 is 10.4 Å². The van der Waals surface area contributed by atoms with E-state index in [1.807, 2.05) is 11.9 Å². The Bertz CT molecular complexity index is 253. The second kappa shape index (κ2) is 7.10. The van der Waals surface area contributed by atoms with Crippen molar-refractivity contribution < 1.29 is 9.90 Å². The highest BCUT2D eigenvalue weighted by Gasteiger charge is 2.19. The van der Waals surface area contributed by atoms with Crippen LogP contribution in [0.3, 0.4) is 0 Å². The summed E-state index contributed by atoms with van der Waals surface area (Å²) in [6.07, 6.45) is 7.27. The normalized spacial score (nSPS) is 18.7. The van der Waals surface area contributed by atoms with Gasteiger partial charge in [0, 0.05) is 12.6 Å². The summed E-state index contributed by atoms with van der Waals surface area (Å²) < 4.78 is 0. The van der Waals surface area contributed by atoms with Crippen molar-refractivity contribution in [3.63, 3.8) is 0 Å². The fourth-order valence-corrected chi connectivity index (χ4v) is 2.66. The molecule has 2 N–H and O–H groups in total. The van der Waals surface area contributed by atoms with E-state index in [9.17, 15) is 9.90 Å².